The van der Waals surface area contributed by atoms with Crippen LogP contribution in [0.25, 0.3) is 0 Å². The summed E-state index contributed by atoms with van der Waals surface area (Å²) < 4.78 is 32.8. The zero-order valence-corrected chi connectivity index (χ0v) is 18.0. The number of nitrogens with one attached hydrogen (secondary N) is 2. The van der Waals surface area contributed by atoms with Crippen molar-refractivity contribution in [2.24, 2.45) is 4.99 Å². The van der Waals surface area contributed by atoms with Crippen molar-refractivity contribution in [1.29, 1.82) is 0 Å². The lowest BCUT2D eigenvalue weighted by molar-refractivity contribution is -0.118. The summed E-state index contributed by atoms with van der Waals surface area (Å²) in [6, 6.07) is 8.69. The van der Waals surface area contributed by atoms with E-state index in [-0.39, 0.29) is 32.3 Å². The first-order valence-electron chi connectivity index (χ1n) is 8.48. The van der Waals surface area contributed by atoms with E-state index in [2.05, 4.69) is 15.0 Å². The van der Waals surface area contributed by atoms with E-state index < -0.39 is 15.9 Å². The van der Waals surface area contributed by atoms with Gasteiger partial charge < -0.3 is 10.1 Å². The van der Waals surface area contributed by atoms with Crippen molar-refractivity contribution in [2.45, 2.75) is 17.7 Å². The first-order chi connectivity index (χ1) is 13.7. The van der Waals surface area contributed by atoms with Gasteiger partial charge in [0.2, 0.25) is 0 Å². The number of sulfonamides is 1. The van der Waals surface area contributed by atoms with Crippen LogP contribution in [0.3, 0.4) is 0 Å². The Balaban J connectivity index is 1.64. The van der Waals surface area contributed by atoms with Crippen molar-refractivity contribution in [2.75, 3.05) is 18.5 Å². The molecule has 2 aromatic rings. The fourth-order valence-electron chi connectivity index (χ4n) is 2.53. The number of benzene rings is 2. The third kappa shape index (κ3) is 5.76. The summed E-state index contributed by atoms with van der Waals surface area (Å²) in [6.07, 6.45) is 1.40. The van der Waals surface area contributed by atoms with Gasteiger partial charge in [-0.1, -0.05) is 40.9 Å². The molecule has 0 atom stereocenters. The van der Waals surface area contributed by atoms with Crippen LogP contribution in [0.4, 0.5) is 5.69 Å². The van der Waals surface area contributed by atoms with Crippen LogP contribution in [0.15, 0.2) is 46.3 Å². The van der Waals surface area contributed by atoms with E-state index in [0.29, 0.717) is 24.5 Å². The molecule has 0 unspecified atom stereocenters. The normalized spacial score (nSPS) is 13.7. The Morgan fingerprint density at radius 1 is 1.10 bits per heavy atom. The smallest absolute Gasteiger partial charge is 0.262 e. The van der Waals surface area contributed by atoms with Crippen LogP contribution in [0.2, 0.25) is 15.1 Å². The highest BCUT2D eigenvalue weighted by Crippen LogP contribution is 2.33. The Labute approximate surface area is 183 Å². The van der Waals surface area contributed by atoms with Crippen molar-refractivity contribution >= 4 is 62.3 Å². The molecule has 1 amide bonds. The summed E-state index contributed by atoms with van der Waals surface area (Å²) in [7, 11) is -3.78. The molecule has 1 aliphatic heterocycles. The summed E-state index contributed by atoms with van der Waals surface area (Å²) in [5.74, 6) is 0.134. The number of anilines is 1. The summed E-state index contributed by atoms with van der Waals surface area (Å²) >= 11 is 17.8. The van der Waals surface area contributed by atoms with Gasteiger partial charge in [0.1, 0.15) is 11.6 Å². The third-order valence-corrected chi connectivity index (χ3v) is 6.28. The molecular weight excluding hydrogens is 461 g/mol. The number of rotatable bonds is 6. The highest BCUT2D eigenvalue weighted by Gasteiger charge is 2.19. The molecule has 7 nitrogen and oxygen atoms in total. The van der Waals surface area contributed by atoms with Gasteiger partial charge in [0.25, 0.3) is 15.9 Å². The van der Waals surface area contributed by atoms with Gasteiger partial charge >= 0.3 is 0 Å². The highest BCUT2D eigenvalue weighted by molar-refractivity contribution is 7.90. The lowest BCUT2D eigenvalue weighted by Crippen LogP contribution is -2.29. The molecule has 3 rings (SSSR count). The Morgan fingerprint density at radius 3 is 2.59 bits per heavy atom. The number of hydrogen-bond donors (Lipinski definition) is 2. The number of hydrogen-bond acceptors (Lipinski definition) is 5. The van der Waals surface area contributed by atoms with Gasteiger partial charge in [0.15, 0.2) is 6.61 Å². The second-order valence-electron chi connectivity index (χ2n) is 6.10. The molecule has 29 heavy (non-hydrogen) atoms. The van der Waals surface area contributed by atoms with E-state index in [1.54, 1.807) is 6.07 Å². The van der Waals surface area contributed by atoms with Crippen LogP contribution >= 0.6 is 34.8 Å². The zero-order chi connectivity index (χ0) is 21.0. The number of carbonyl (C=O) groups excluding carboxylic acids is 1. The molecule has 2 aromatic carbocycles. The molecule has 0 aliphatic carbocycles. The molecule has 0 aromatic heterocycles. The summed E-state index contributed by atoms with van der Waals surface area (Å²) in [5.41, 5.74) is 0.301. The first-order valence-corrected chi connectivity index (χ1v) is 11.1. The van der Waals surface area contributed by atoms with Crippen LogP contribution in [0, 0.1) is 0 Å². The van der Waals surface area contributed by atoms with Crippen molar-refractivity contribution in [3.05, 3.63) is 51.5 Å². The number of amides is 1. The summed E-state index contributed by atoms with van der Waals surface area (Å²) in [4.78, 5) is 16.3. The van der Waals surface area contributed by atoms with Gasteiger partial charge in [-0.2, -0.15) is 0 Å². The molecule has 0 fully saturated rings. The van der Waals surface area contributed by atoms with E-state index in [0.717, 1.165) is 6.42 Å². The standard InChI is InChI=1S/C18H16Cl3N3O4S/c19-13-8-15(21)16(9-14(13)20)28-10-18(25)23-11-3-1-4-12(7-11)29(26,27)24-17-5-2-6-22-17/h1,3-4,7-9H,2,5-6,10H2,(H,22,24)(H,23,25). The zero-order valence-electron chi connectivity index (χ0n) is 14.9. The molecule has 1 heterocycles. The quantitative estimate of drug-likeness (QED) is 0.613. The SMILES string of the molecule is O=C(COc1cc(Cl)c(Cl)cc1Cl)Nc1cccc(S(=O)(=O)NC2=NCCC2)c1. The molecule has 154 valence electrons. The number of aliphatic imine (C=N–C) groups is 1. The van der Waals surface area contributed by atoms with Gasteiger partial charge in [0.05, 0.1) is 20.0 Å². The van der Waals surface area contributed by atoms with Crippen LogP contribution in [-0.2, 0) is 14.8 Å². The Hall–Kier alpha value is -2.00. The fraction of sp³-hybridized carbons (Fsp3) is 0.222. The minimum Gasteiger partial charge on any atom is -0.482 e. The average molecular weight is 477 g/mol. The van der Waals surface area contributed by atoms with Crippen molar-refractivity contribution in [3.8, 4) is 5.75 Å². The van der Waals surface area contributed by atoms with Gasteiger partial charge in [-0.3, -0.25) is 14.5 Å². The fourth-order valence-corrected chi connectivity index (χ4v) is 4.26. The van der Waals surface area contributed by atoms with Crippen LogP contribution in [0.1, 0.15) is 12.8 Å². The van der Waals surface area contributed by atoms with E-state index in [1.165, 1.54) is 30.3 Å². The number of halogens is 3. The van der Waals surface area contributed by atoms with Crippen molar-refractivity contribution in [1.82, 2.24) is 4.72 Å². The van der Waals surface area contributed by atoms with Gasteiger partial charge in [-0.15, -0.1) is 0 Å². The molecule has 0 saturated carbocycles. The second-order valence-corrected chi connectivity index (χ2v) is 9.00. The molecule has 0 bridgehead atoms. The minimum atomic E-state index is -3.78. The maximum atomic E-state index is 12.5. The highest BCUT2D eigenvalue weighted by atomic mass is 35.5. The molecule has 0 saturated heterocycles. The van der Waals surface area contributed by atoms with E-state index >= 15 is 0 Å². The van der Waals surface area contributed by atoms with Crippen LogP contribution < -0.4 is 14.8 Å². The topological polar surface area (TPSA) is 96.9 Å². The summed E-state index contributed by atoms with van der Waals surface area (Å²) in [5, 5.41) is 3.29. The lowest BCUT2D eigenvalue weighted by atomic mass is 10.3. The Morgan fingerprint density at radius 2 is 1.86 bits per heavy atom. The largest absolute Gasteiger partial charge is 0.482 e. The molecule has 11 heteroatoms. The van der Waals surface area contributed by atoms with Crippen molar-refractivity contribution < 1.29 is 17.9 Å². The number of amidine groups is 1. The molecule has 0 spiro atoms. The number of carbonyl (C=O) groups is 1. The summed E-state index contributed by atoms with van der Waals surface area (Å²) in [6.45, 7) is 0.251. The average Bonchev–Trinajstić information content (AvgIpc) is 3.16. The monoisotopic (exact) mass is 475 g/mol. The Kier molecular flexibility index (Phi) is 6.89. The molecule has 0 radical (unpaired) electrons. The Bertz CT molecular complexity index is 1070. The third-order valence-electron chi connectivity index (χ3n) is 3.89. The number of nitrogens with zero attached hydrogens (tertiary/aromatic N) is 1. The van der Waals surface area contributed by atoms with Crippen LogP contribution in [-0.4, -0.2) is 33.3 Å². The predicted octanol–water partition coefficient (Wildman–Crippen LogP) is 4.13. The molecule has 1 aliphatic rings. The predicted molar refractivity (Wildman–Crippen MR) is 114 cm³/mol. The molecule has 2 N–H and O–H groups in total. The second kappa shape index (κ2) is 9.21. The first kappa shape index (κ1) is 21.7. The van der Waals surface area contributed by atoms with E-state index in [4.69, 9.17) is 39.5 Å². The van der Waals surface area contributed by atoms with Crippen LogP contribution in [0.5, 0.6) is 5.75 Å². The van der Waals surface area contributed by atoms with Gasteiger partial charge in [-0.25, -0.2) is 8.42 Å². The maximum Gasteiger partial charge on any atom is 0.262 e. The van der Waals surface area contributed by atoms with E-state index in [1.807, 2.05) is 0 Å². The lowest BCUT2D eigenvalue weighted by Gasteiger charge is -2.11. The van der Waals surface area contributed by atoms with Gasteiger partial charge in [-0.05, 0) is 30.7 Å². The minimum absolute atomic E-state index is 0.0124. The number of ether oxygens (including phenoxy) is 1. The molecular formula is C18H16Cl3N3O4S. The van der Waals surface area contributed by atoms with Crippen molar-refractivity contribution in [3.63, 3.8) is 0 Å². The van der Waals surface area contributed by atoms with Gasteiger partial charge in [0, 0.05) is 24.7 Å². The maximum absolute atomic E-state index is 12.5. The van der Waals surface area contributed by atoms with E-state index in [9.17, 15) is 13.2 Å².